The molecule has 1 aliphatic rings. The number of hydrogen-bond acceptors (Lipinski definition) is 4. The highest BCUT2D eigenvalue weighted by Crippen LogP contribution is 2.35. The lowest BCUT2D eigenvalue weighted by Crippen LogP contribution is -2.70. The number of rotatable bonds is 3. The quantitative estimate of drug-likeness (QED) is 0.815. The van der Waals surface area contributed by atoms with Gasteiger partial charge < -0.3 is 9.73 Å². The van der Waals surface area contributed by atoms with Crippen molar-refractivity contribution in [1.82, 2.24) is 15.5 Å². The lowest BCUT2D eigenvalue weighted by atomic mass is 9.94. The van der Waals surface area contributed by atoms with Crippen LogP contribution >= 0.6 is 0 Å². The standard InChI is InChI=1S/C14H16F3N3O4/c1-12(2,3)9(21)18-13(14(15,16)17)10(22)20(11(23)19-13)7-8-5-4-6-24-8/h4-6H,7H2,1-3H3,(H,18,21)(H,19,23). The van der Waals surface area contributed by atoms with Crippen LogP contribution in [0.15, 0.2) is 22.8 Å². The molecular weight excluding hydrogens is 331 g/mol. The Hall–Kier alpha value is -2.52. The van der Waals surface area contributed by atoms with E-state index in [1.807, 2.05) is 0 Å². The molecule has 0 aromatic carbocycles. The third-order valence-corrected chi connectivity index (χ3v) is 3.41. The monoisotopic (exact) mass is 347 g/mol. The molecule has 1 unspecified atom stereocenters. The first-order valence-corrected chi connectivity index (χ1v) is 6.94. The van der Waals surface area contributed by atoms with Crippen LogP contribution in [0.2, 0.25) is 0 Å². The van der Waals surface area contributed by atoms with Gasteiger partial charge in [-0.1, -0.05) is 20.8 Å². The van der Waals surface area contributed by atoms with Crippen molar-refractivity contribution >= 4 is 17.8 Å². The van der Waals surface area contributed by atoms with Gasteiger partial charge in [-0.05, 0) is 12.1 Å². The summed E-state index contributed by atoms with van der Waals surface area (Å²) in [6.45, 7) is 3.66. The maximum atomic E-state index is 13.5. The maximum Gasteiger partial charge on any atom is 0.440 e. The summed E-state index contributed by atoms with van der Waals surface area (Å²) in [5.41, 5.74) is -4.70. The van der Waals surface area contributed by atoms with Gasteiger partial charge in [0.15, 0.2) is 0 Å². The molecule has 0 saturated carbocycles. The van der Waals surface area contributed by atoms with Crippen molar-refractivity contribution in [3.8, 4) is 0 Å². The predicted octanol–water partition coefficient (Wildman–Crippen LogP) is 1.75. The number of alkyl halides is 3. The first-order chi connectivity index (χ1) is 10.9. The summed E-state index contributed by atoms with van der Waals surface area (Å²) in [5.74, 6) is -2.53. The zero-order valence-electron chi connectivity index (χ0n) is 13.2. The number of imide groups is 1. The lowest BCUT2D eigenvalue weighted by molar-refractivity contribution is -0.205. The van der Waals surface area contributed by atoms with Crippen LogP contribution in [-0.2, 0) is 16.1 Å². The molecule has 1 atom stereocenters. The maximum absolute atomic E-state index is 13.5. The SMILES string of the molecule is CC(C)(C)C(=O)NC1(C(F)(F)F)NC(=O)N(Cc2ccco2)C1=O. The zero-order chi connectivity index (χ0) is 18.3. The molecule has 0 radical (unpaired) electrons. The highest BCUT2D eigenvalue weighted by Gasteiger charge is 2.69. The van der Waals surface area contributed by atoms with Gasteiger partial charge in [0.2, 0.25) is 5.91 Å². The van der Waals surface area contributed by atoms with E-state index in [0.717, 1.165) is 0 Å². The number of nitrogens with one attached hydrogen (secondary N) is 2. The van der Waals surface area contributed by atoms with E-state index >= 15 is 0 Å². The number of urea groups is 1. The van der Waals surface area contributed by atoms with E-state index in [-0.39, 0.29) is 5.76 Å². The lowest BCUT2D eigenvalue weighted by Gasteiger charge is -2.32. The molecule has 1 aliphatic heterocycles. The highest BCUT2D eigenvalue weighted by atomic mass is 19.4. The van der Waals surface area contributed by atoms with Crippen LogP contribution < -0.4 is 10.6 Å². The minimum absolute atomic E-state index is 0.124. The highest BCUT2D eigenvalue weighted by molar-refractivity contribution is 6.09. The number of carbonyl (C=O) groups excluding carboxylic acids is 3. The average molecular weight is 347 g/mol. The Morgan fingerprint density at radius 3 is 2.42 bits per heavy atom. The molecule has 132 valence electrons. The van der Waals surface area contributed by atoms with Gasteiger partial charge in [0.1, 0.15) is 5.76 Å². The second-order valence-corrected chi connectivity index (χ2v) is 6.35. The van der Waals surface area contributed by atoms with E-state index in [9.17, 15) is 27.6 Å². The molecule has 0 bridgehead atoms. The Morgan fingerprint density at radius 2 is 1.96 bits per heavy atom. The Balaban J connectivity index is 2.37. The van der Waals surface area contributed by atoms with E-state index < -0.39 is 41.6 Å². The first-order valence-electron chi connectivity index (χ1n) is 6.94. The van der Waals surface area contributed by atoms with Gasteiger partial charge in [-0.15, -0.1) is 0 Å². The van der Waals surface area contributed by atoms with Crippen LogP contribution in [-0.4, -0.2) is 34.6 Å². The molecule has 2 heterocycles. The van der Waals surface area contributed by atoms with Crippen LogP contribution in [0.5, 0.6) is 0 Å². The number of halogens is 3. The van der Waals surface area contributed by atoms with Crippen molar-refractivity contribution in [3.05, 3.63) is 24.2 Å². The van der Waals surface area contributed by atoms with E-state index in [1.165, 1.54) is 39.2 Å². The van der Waals surface area contributed by atoms with Crippen molar-refractivity contribution in [3.63, 3.8) is 0 Å². The Morgan fingerprint density at radius 1 is 1.33 bits per heavy atom. The van der Waals surface area contributed by atoms with E-state index in [2.05, 4.69) is 0 Å². The van der Waals surface area contributed by atoms with Crippen LogP contribution in [0.3, 0.4) is 0 Å². The Bertz CT molecular complexity index is 664. The normalized spacial score (nSPS) is 21.8. The number of amides is 4. The summed E-state index contributed by atoms with van der Waals surface area (Å²) in [7, 11) is 0. The molecule has 7 nitrogen and oxygen atoms in total. The summed E-state index contributed by atoms with van der Waals surface area (Å²) in [6.07, 6.45) is -3.97. The van der Waals surface area contributed by atoms with Gasteiger partial charge in [0, 0.05) is 5.41 Å². The fraction of sp³-hybridized carbons (Fsp3) is 0.500. The zero-order valence-corrected chi connectivity index (χ0v) is 13.2. The molecule has 2 rings (SSSR count). The van der Waals surface area contributed by atoms with Crippen LogP contribution in [0.25, 0.3) is 0 Å². The molecule has 0 aliphatic carbocycles. The van der Waals surface area contributed by atoms with Crippen LogP contribution in [0, 0.1) is 5.41 Å². The molecule has 1 saturated heterocycles. The summed E-state index contributed by atoms with van der Waals surface area (Å²) < 4.78 is 45.6. The molecule has 2 N–H and O–H groups in total. The van der Waals surface area contributed by atoms with Gasteiger partial charge in [0.25, 0.3) is 11.6 Å². The Labute approximate surface area is 135 Å². The minimum Gasteiger partial charge on any atom is -0.467 e. The molecular formula is C14H16F3N3O4. The fourth-order valence-corrected chi connectivity index (χ4v) is 1.98. The third-order valence-electron chi connectivity index (χ3n) is 3.41. The second-order valence-electron chi connectivity index (χ2n) is 6.35. The summed E-state index contributed by atoms with van der Waals surface area (Å²) >= 11 is 0. The molecule has 1 aromatic rings. The van der Waals surface area contributed by atoms with E-state index in [4.69, 9.17) is 4.42 Å². The van der Waals surface area contributed by atoms with Gasteiger partial charge in [0.05, 0.1) is 12.8 Å². The molecule has 10 heteroatoms. The smallest absolute Gasteiger partial charge is 0.440 e. The van der Waals surface area contributed by atoms with Crippen molar-refractivity contribution in [2.45, 2.75) is 39.2 Å². The molecule has 24 heavy (non-hydrogen) atoms. The van der Waals surface area contributed by atoms with E-state index in [1.54, 1.807) is 10.6 Å². The first kappa shape index (κ1) is 17.8. The minimum atomic E-state index is -5.22. The van der Waals surface area contributed by atoms with Gasteiger partial charge >= 0.3 is 12.2 Å². The summed E-state index contributed by atoms with van der Waals surface area (Å²) in [4.78, 5) is 36.6. The number of carbonyl (C=O) groups is 3. The van der Waals surface area contributed by atoms with Crippen molar-refractivity contribution in [2.24, 2.45) is 5.41 Å². The van der Waals surface area contributed by atoms with Crippen molar-refractivity contribution in [2.75, 3.05) is 0 Å². The number of furan rings is 1. The molecule has 1 aromatic heterocycles. The average Bonchev–Trinajstić information content (AvgIpc) is 3.00. The second kappa shape index (κ2) is 5.53. The molecule has 0 spiro atoms. The molecule has 1 fully saturated rings. The van der Waals surface area contributed by atoms with Crippen LogP contribution in [0.1, 0.15) is 26.5 Å². The third kappa shape index (κ3) is 2.95. The summed E-state index contributed by atoms with van der Waals surface area (Å²) in [5, 5.41) is 3.21. The van der Waals surface area contributed by atoms with Gasteiger partial charge in [-0.3, -0.25) is 19.8 Å². The topological polar surface area (TPSA) is 91.7 Å². The largest absolute Gasteiger partial charge is 0.467 e. The fourth-order valence-electron chi connectivity index (χ4n) is 1.98. The number of hydrogen-bond donors (Lipinski definition) is 2. The van der Waals surface area contributed by atoms with E-state index in [0.29, 0.717) is 4.90 Å². The number of nitrogens with zero attached hydrogens (tertiary/aromatic N) is 1. The van der Waals surface area contributed by atoms with Crippen molar-refractivity contribution in [1.29, 1.82) is 0 Å². The van der Waals surface area contributed by atoms with Gasteiger partial charge in [-0.2, -0.15) is 13.2 Å². The van der Waals surface area contributed by atoms with Crippen molar-refractivity contribution < 1.29 is 32.0 Å². The predicted molar refractivity (Wildman–Crippen MR) is 74.2 cm³/mol. The summed E-state index contributed by atoms with van der Waals surface area (Å²) in [6, 6.07) is 1.59. The van der Waals surface area contributed by atoms with Crippen LogP contribution in [0.4, 0.5) is 18.0 Å². The Kier molecular flexibility index (Phi) is 4.11. The molecule has 4 amide bonds. The van der Waals surface area contributed by atoms with Gasteiger partial charge in [-0.25, -0.2) is 4.79 Å².